The molecule has 3 nitrogen and oxygen atoms in total. The van der Waals surface area contributed by atoms with Crippen molar-refractivity contribution in [1.29, 1.82) is 0 Å². The van der Waals surface area contributed by atoms with Gasteiger partial charge < -0.3 is 10.4 Å². The molecule has 1 heterocycles. The normalized spacial score (nSPS) is 9.86. The highest BCUT2D eigenvalue weighted by Crippen LogP contribution is 2.14. The molecule has 0 saturated carbocycles. The van der Waals surface area contributed by atoms with Gasteiger partial charge in [0, 0.05) is 15.8 Å². The lowest BCUT2D eigenvalue weighted by Crippen LogP contribution is -2.23. The van der Waals surface area contributed by atoms with E-state index in [4.69, 9.17) is 5.11 Å². The van der Waals surface area contributed by atoms with Gasteiger partial charge in [-0.15, -0.1) is 11.3 Å². The van der Waals surface area contributed by atoms with Crippen LogP contribution in [-0.4, -0.2) is 17.6 Å². The van der Waals surface area contributed by atoms with Crippen molar-refractivity contribution < 1.29 is 18.7 Å². The molecule has 0 aliphatic heterocycles. The van der Waals surface area contributed by atoms with Crippen LogP contribution in [0.3, 0.4) is 0 Å². The van der Waals surface area contributed by atoms with E-state index < -0.39 is 17.5 Å². The molecule has 0 aliphatic rings. The minimum atomic E-state index is -0.769. The highest BCUT2D eigenvalue weighted by molar-refractivity contribution is 7.10. The first-order valence-electron chi connectivity index (χ1n) is 6.00. The second-order valence-electron chi connectivity index (χ2n) is 4.07. The van der Waals surface area contributed by atoms with Crippen molar-refractivity contribution in [3.8, 4) is 11.8 Å². The van der Waals surface area contributed by atoms with Gasteiger partial charge in [0.15, 0.2) is 0 Å². The maximum absolute atomic E-state index is 13.4. The van der Waals surface area contributed by atoms with Gasteiger partial charge in [0.2, 0.25) is 0 Å². The molecule has 0 aliphatic carbocycles. The fourth-order valence-electron chi connectivity index (χ4n) is 1.61. The molecule has 0 atom stereocenters. The van der Waals surface area contributed by atoms with Crippen molar-refractivity contribution in [2.24, 2.45) is 0 Å². The van der Waals surface area contributed by atoms with E-state index in [0.717, 1.165) is 28.6 Å². The number of benzene rings is 1. The Kier molecular flexibility index (Phi) is 5.04. The number of thiophene rings is 1. The van der Waals surface area contributed by atoms with E-state index in [0.29, 0.717) is 0 Å². The Hall–Kier alpha value is -2.23. The molecule has 21 heavy (non-hydrogen) atoms. The predicted octanol–water partition coefficient (Wildman–Crippen LogP) is 2.30. The fraction of sp³-hybridized carbons (Fsp3) is 0.133. The summed E-state index contributed by atoms with van der Waals surface area (Å²) in [5, 5.41) is 12.9. The third kappa shape index (κ3) is 4.12. The van der Waals surface area contributed by atoms with Gasteiger partial charge in [-0.2, -0.15) is 0 Å². The number of amides is 1. The molecule has 0 unspecified atom stereocenters. The van der Waals surface area contributed by atoms with E-state index >= 15 is 0 Å². The maximum Gasteiger partial charge on any atom is 0.254 e. The number of hydrogen-bond donors (Lipinski definition) is 2. The van der Waals surface area contributed by atoms with E-state index in [1.165, 1.54) is 11.3 Å². The van der Waals surface area contributed by atoms with Crippen LogP contribution in [0.15, 0.2) is 29.6 Å². The molecular weight excluding hydrogens is 296 g/mol. The summed E-state index contributed by atoms with van der Waals surface area (Å²) in [7, 11) is 0. The summed E-state index contributed by atoms with van der Waals surface area (Å²) < 4.78 is 26.4. The average molecular weight is 307 g/mol. The molecule has 2 aromatic rings. The zero-order chi connectivity index (χ0) is 15.2. The van der Waals surface area contributed by atoms with E-state index in [1.807, 2.05) is 0 Å². The summed E-state index contributed by atoms with van der Waals surface area (Å²) in [6.45, 7) is -0.0268. The Morgan fingerprint density at radius 1 is 1.33 bits per heavy atom. The molecule has 108 valence electrons. The summed E-state index contributed by atoms with van der Waals surface area (Å²) in [6, 6.07) is 4.49. The van der Waals surface area contributed by atoms with Crippen LogP contribution in [0.1, 0.15) is 20.8 Å². The average Bonchev–Trinajstić information content (AvgIpc) is 2.93. The number of halogens is 2. The third-order valence-corrected chi connectivity index (χ3v) is 3.50. The van der Waals surface area contributed by atoms with Crippen LogP contribution in [0.25, 0.3) is 0 Å². The summed E-state index contributed by atoms with van der Waals surface area (Å²) in [5.41, 5.74) is 0.405. The van der Waals surface area contributed by atoms with E-state index in [2.05, 4.69) is 17.2 Å². The van der Waals surface area contributed by atoms with Gasteiger partial charge in [-0.1, -0.05) is 11.8 Å². The number of carbonyl (C=O) groups is 1. The van der Waals surface area contributed by atoms with Gasteiger partial charge in [0.05, 0.1) is 12.1 Å². The largest absolute Gasteiger partial charge is 0.384 e. The first-order chi connectivity index (χ1) is 10.1. The molecule has 1 aromatic heterocycles. The molecule has 1 amide bonds. The Balaban J connectivity index is 2.01. The van der Waals surface area contributed by atoms with Crippen molar-refractivity contribution >= 4 is 17.2 Å². The highest BCUT2D eigenvalue weighted by Gasteiger charge is 2.12. The number of rotatable bonds is 3. The van der Waals surface area contributed by atoms with Crippen LogP contribution in [0.4, 0.5) is 8.78 Å². The Labute approximate surface area is 124 Å². The fourth-order valence-corrected chi connectivity index (χ4v) is 2.37. The van der Waals surface area contributed by atoms with Crippen LogP contribution in [0.2, 0.25) is 0 Å². The molecule has 2 N–H and O–H groups in total. The van der Waals surface area contributed by atoms with Crippen LogP contribution in [0.5, 0.6) is 0 Å². The lowest BCUT2D eigenvalue weighted by molar-refractivity contribution is 0.0946. The van der Waals surface area contributed by atoms with Gasteiger partial charge in [-0.3, -0.25) is 4.79 Å². The van der Waals surface area contributed by atoms with Crippen LogP contribution < -0.4 is 5.32 Å². The Morgan fingerprint density at radius 3 is 2.90 bits per heavy atom. The molecule has 1 aromatic carbocycles. The smallest absolute Gasteiger partial charge is 0.254 e. The standard InChI is InChI=1S/C15H11F2NO2S/c16-11-3-4-14(17)13(7-11)15(20)18-8-12-6-10(9-21-12)2-1-5-19/h3-4,6-7,9,19H,5,8H2,(H,18,20). The predicted molar refractivity (Wildman–Crippen MR) is 75.8 cm³/mol. The molecule has 0 spiro atoms. The van der Waals surface area contributed by atoms with Crippen molar-refractivity contribution in [2.75, 3.05) is 6.61 Å². The van der Waals surface area contributed by atoms with E-state index in [-0.39, 0.29) is 18.7 Å². The second-order valence-corrected chi connectivity index (χ2v) is 5.06. The van der Waals surface area contributed by atoms with Crippen molar-refractivity contribution in [3.05, 3.63) is 57.3 Å². The summed E-state index contributed by atoms with van der Waals surface area (Å²) in [5.74, 6) is 3.14. The zero-order valence-corrected chi connectivity index (χ0v) is 11.6. The monoisotopic (exact) mass is 307 g/mol. The van der Waals surface area contributed by atoms with Crippen molar-refractivity contribution in [2.45, 2.75) is 6.54 Å². The highest BCUT2D eigenvalue weighted by atomic mass is 32.1. The first kappa shape index (κ1) is 15.2. The van der Waals surface area contributed by atoms with Crippen LogP contribution in [0, 0.1) is 23.5 Å². The molecule has 0 radical (unpaired) electrons. The van der Waals surface area contributed by atoms with Gasteiger partial charge in [-0.05, 0) is 24.3 Å². The van der Waals surface area contributed by atoms with Crippen molar-refractivity contribution in [3.63, 3.8) is 0 Å². The molecule has 0 bridgehead atoms. The number of carbonyl (C=O) groups excluding carboxylic acids is 1. The van der Waals surface area contributed by atoms with E-state index in [1.54, 1.807) is 11.4 Å². The van der Waals surface area contributed by atoms with Gasteiger partial charge >= 0.3 is 0 Å². The van der Waals surface area contributed by atoms with Crippen molar-refractivity contribution in [1.82, 2.24) is 5.32 Å². The zero-order valence-electron chi connectivity index (χ0n) is 10.8. The lowest BCUT2D eigenvalue weighted by atomic mass is 10.2. The first-order valence-corrected chi connectivity index (χ1v) is 6.88. The number of aliphatic hydroxyl groups is 1. The summed E-state index contributed by atoms with van der Waals surface area (Å²) in [4.78, 5) is 12.6. The maximum atomic E-state index is 13.4. The lowest BCUT2D eigenvalue weighted by Gasteiger charge is -2.04. The van der Waals surface area contributed by atoms with Crippen LogP contribution in [-0.2, 0) is 6.54 Å². The third-order valence-electron chi connectivity index (χ3n) is 2.56. The van der Waals surface area contributed by atoms with E-state index in [9.17, 15) is 13.6 Å². The quantitative estimate of drug-likeness (QED) is 0.855. The molecular formula is C15H11F2NO2S. The minimum absolute atomic E-state index is 0.195. The number of nitrogens with one attached hydrogen (secondary N) is 1. The molecule has 2 rings (SSSR count). The minimum Gasteiger partial charge on any atom is -0.384 e. The topological polar surface area (TPSA) is 49.3 Å². The van der Waals surface area contributed by atoms with Gasteiger partial charge in [-0.25, -0.2) is 8.78 Å². The summed E-state index contributed by atoms with van der Waals surface area (Å²) >= 11 is 1.38. The SMILES string of the molecule is O=C(NCc1cc(C#CCO)cs1)c1cc(F)ccc1F. The summed E-state index contributed by atoms with van der Waals surface area (Å²) in [6.07, 6.45) is 0. The van der Waals surface area contributed by atoms with Gasteiger partial charge in [0.1, 0.15) is 18.2 Å². The number of aliphatic hydroxyl groups excluding tert-OH is 1. The second kappa shape index (κ2) is 6.97. The van der Waals surface area contributed by atoms with Gasteiger partial charge in [0.25, 0.3) is 5.91 Å². The number of hydrogen-bond acceptors (Lipinski definition) is 3. The molecule has 0 saturated heterocycles. The molecule has 0 fully saturated rings. The van der Waals surface area contributed by atoms with Crippen LogP contribution >= 0.6 is 11.3 Å². The Bertz CT molecular complexity index is 716. The Morgan fingerprint density at radius 2 is 2.14 bits per heavy atom. The molecule has 6 heteroatoms.